The fraction of sp³-hybridized carbons (Fsp3) is 0.231. The molecule has 5 nitrogen and oxygen atoms in total. The minimum Gasteiger partial charge on any atom is -0.295 e. The van der Waals surface area contributed by atoms with Crippen LogP contribution in [0.15, 0.2) is 83.8 Å². The van der Waals surface area contributed by atoms with Gasteiger partial charge in [-0.25, -0.2) is 8.42 Å². The molecule has 164 valence electrons. The number of piperidine rings is 1. The predicted octanol–water partition coefficient (Wildman–Crippen LogP) is 4.84. The van der Waals surface area contributed by atoms with Crippen molar-refractivity contribution in [1.29, 1.82) is 0 Å². The van der Waals surface area contributed by atoms with Crippen molar-refractivity contribution in [3.63, 3.8) is 0 Å². The van der Waals surface area contributed by atoms with Gasteiger partial charge in [-0.2, -0.15) is 4.31 Å². The second kappa shape index (κ2) is 9.18. The molecule has 4 rings (SSSR count). The molecule has 0 N–H and O–H groups in total. The molecule has 1 aliphatic heterocycles. The van der Waals surface area contributed by atoms with Crippen LogP contribution >= 0.6 is 0 Å². The average molecular weight is 448 g/mol. The van der Waals surface area contributed by atoms with E-state index in [9.17, 15) is 18.0 Å². The summed E-state index contributed by atoms with van der Waals surface area (Å²) in [6.07, 6.45) is 1.29. The van der Waals surface area contributed by atoms with E-state index in [1.807, 2.05) is 54.6 Å². The van der Waals surface area contributed by atoms with Gasteiger partial charge in [-0.15, -0.1) is 0 Å². The van der Waals surface area contributed by atoms with Crippen molar-refractivity contribution >= 4 is 21.6 Å². The summed E-state index contributed by atoms with van der Waals surface area (Å²) in [4.78, 5) is 24.7. The molecule has 0 aliphatic carbocycles. The summed E-state index contributed by atoms with van der Waals surface area (Å²) < 4.78 is 27.6. The lowest BCUT2D eigenvalue weighted by atomic mass is 9.90. The molecule has 32 heavy (non-hydrogen) atoms. The largest absolute Gasteiger partial charge is 0.295 e. The third kappa shape index (κ3) is 4.56. The van der Waals surface area contributed by atoms with Crippen molar-refractivity contribution in [2.45, 2.75) is 24.7 Å². The molecule has 1 fully saturated rings. The van der Waals surface area contributed by atoms with Crippen molar-refractivity contribution in [3.05, 3.63) is 90.0 Å². The fourth-order valence-corrected chi connectivity index (χ4v) is 5.60. The van der Waals surface area contributed by atoms with Crippen LogP contribution in [0.2, 0.25) is 0 Å². The Morgan fingerprint density at radius 1 is 0.812 bits per heavy atom. The van der Waals surface area contributed by atoms with Crippen LogP contribution < -0.4 is 0 Å². The first-order chi connectivity index (χ1) is 15.4. The summed E-state index contributed by atoms with van der Waals surface area (Å²) in [5.41, 5.74) is 3.18. The van der Waals surface area contributed by atoms with Gasteiger partial charge in [0.05, 0.1) is 4.90 Å². The number of carbonyl (C=O) groups excluding carboxylic acids is 2. The molecule has 3 aromatic rings. The molecular weight excluding hydrogens is 422 g/mol. The van der Waals surface area contributed by atoms with Gasteiger partial charge in [0.15, 0.2) is 11.6 Å². The number of nitrogens with zero attached hydrogens (tertiary/aromatic N) is 1. The van der Waals surface area contributed by atoms with Crippen molar-refractivity contribution in [1.82, 2.24) is 4.31 Å². The van der Waals surface area contributed by atoms with Gasteiger partial charge in [-0.05, 0) is 43.0 Å². The maximum Gasteiger partial charge on any atom is 0.243 e. The summed E-state index contributed by atoms with van der Waals surface area (Å²) in [7, 11) is -3.73. The Bertz CT molecular complexity index is 1220. The van der Waals surface area contributed by atoms with E-state index in [1.54, 1.807) is 0 Å². The normalized spacial score (nSPS) is 17.1. The van der Waals surface area contributed by atoms with Crippen LogP contribution in [0, 0.1) is 5.92 Å². The number of hydrogen-bond donors (Lipinski definition) is 0. The van der Waals surface area contributed by atoms with Gasteiger partial charge in [-0.3, -0.25) is 9.59 Å². The summed E-state index contributed by atoms with van der Waals surface area (Å²) in [5, 5.41) is 0. The first-order valence-corrected chi connectivity index (χ1v) is 12.1. The molecule has 1 aliphatic rings. The molecule has 0 spiro atoms. The highest BCUT2D eigenvalue weighted by molar-refractivity contribution is 7.89. The second-order valence-corrected chi connectivity index (χ2v) is 10.0. The zero-order valence-electron chi connectivity index (χ0n) is 17.9. The lowest BCUT2D eigenvalue weighted by Gasteiger charge is -2.31. The maximum atomic E-state index is 13.1. The molecule has 1 heterocycles. The van der Waals surface area contributed by atoms with E-state index in [4.69, 9.17) is 0 Å². The third-order valence-electron chi connectivity index (χ3n) is 5.93. The molecule has 1 saturated heterocycles. The van der Waals surface area contributed by atoms with Gasteiger partial charge >= 0.3 is 0 Å². The van der Waals surface area contributed by atoms with Crippen LogP contribution in [-0.2, 0) is 10.0 Å². The molecule has 0 bridgehead atoms. The molecule has 0 aromatic heterocycles. The predicted molar refractivity (Wildman–Crippen MR) is 124 cm³/mol. The summed E-state index contributed by atoms with van der Waals surface area (Å²) in [6, 6.07) is 23.4. The molecule has 0 radical (unpaired) electrons. The Hall–Kier alpha value is -3.09. The first kappa shape index (κ1) is 22.1. The molecule has 0 unspecified atom stereocenters. The minimum absolute atomic E-state index is 0.0311. The quantitative estimate of drug-likeness (QED) is 0.507. The molecule has 0 saturated carbocycles. The van der Waals surface area contributed by atoms with Crippen molar-refractivity contribution in [2.75, 3.05) is 13.1 Å². The molecule has 1 atom stereocenters. The number of hydrogen-bond acceptors (Lipinski definition) is 4. The second-order valence-electron chi connectivity index (χ2n) is 8.09. The molecule has 0 amide bonds. The van der Waals surface area contributed by atoms with E-state index in [-0.39, 0.29) is 28.9 Å². The Morgan fingerprint density at radius 2 is 1.41 bits per heavy atom. The third-order valence-corrected chi connectivity index (χ3v) is 7.81. The van der Waals surface area contributed by atoms with Crippen LogP contribution in [0.25, 0.3) is 11.1 Å². The van der Waals surface area contributed by atoms with E-state index < -0.39 is 10.0 Å². The summed E-state index contributed by atoms with van der Waals surface area (Å²) in [5.74, 6) is -0.523. The topological polar surface area (TPSA) is 71.5 Å². The lowest BCUT2D eigenvalue weighted by Crippen LogP contribution is -2.42. The van der Waals surface area contributed by atoms with Gasteiger partial charge < -0.3 is 0 Å². The van der Waals surface area contributed by atoms with Crippen LogP contribution in [0.4, 0.5) is 0 Å². The van der Waals surface area contributed by atoms with Crippen LogP contribution in [0.1, 0.15) is 40.5 Å². The van der Waals surface area contributed by atoms with Crippen molar-refractivity contribution in [2.24, 2.45) is 5.92 Å². The zero-order valence-corrected chi connectivity index (χ0v) is 18.7. The zero-order chi connectivity index (χ0) is 22.7. The number of benzene rings is 3. The molecule has 3 aromatic carbocycles. The SMILES string of the molecule is CC(=O)c1ccc(S(=O)(=O)N2CCC[C@H](C(=O)c3ccc(-c4ccccc4)cc3)C2)cc1. The number of carbonyl (C=O) groups is 2. The Balaban J connectivity index is 1.49. The van der Waals surface area contributed by atoms with E-state index >= 15 is 0 Å². The Kier molecular flexibility index (Phi) is 6.35. The van der Waals surface area contributed by atoms with Gasteiger partial charge in [-0.1, -0.05) is 66.7 Å². The molecule has 6 heteroatoms. The highest BCUT2D eigenvalue weighted by Gasteiger charge is 2.33. The van der Waals surface area contributed by atoms with Crippen LogP contribution in [-0.4, -0.2) is 37.4 Å². The number of Topliss-reactive ketones (excluding diaryl/α,β-unsaturated/α-hetero) is 2. The lowest BCUT2D eigenvalue weighted by molar-refractivity contribution is 0.0872. The van der Waals surface area contributed by atoms with Gasteiger partial charge in [0.25, 0.3) is 0 Å². The van der Waals surface area contributed by atoms with E-state index in [0.717, 1.165) is 11.1 Å². The van der Waals surface area contributed by atoms with Gasteiger partial charge in [0.2, 0.25) is 10.0 Å². The van der Waals surface area contributed by atoms with E-state index in [0.29, 0.717) is 30.5 Å². The average Bonchev–Trinajstić information content (AvgIpc) is 2.84. The smallest absolute Gasteiger partial charge is 0.243 e. The van der Waals surface area contributed by atoms with Crippen LogP contribution in [0.3, 0.4) is 0 Å². The summed E-state index contributed by atoms with van der Waals surface area (Å²) in [6.45, 7) is 1.99. The number of sulfonamides is 1. The standard InChI is InChI=1S/C26H25NO4S/c1-19(28)20-13-15-25(16-14-20)32(30,31)27-17-5-8-24(18-27)26(29)23-11-9-22(10-12-23)21-6-3-2-4-7-21/h2-4,6-7,9-16,24H,5,8,17-18H2,1H3/t24-/m0/s1. The van der Waals surface area contributed by atoms with Crippen molar-refractivity contribution in [3.8, 4) is 11.1 Å². The van der Waals surface area contributed by atoms with Gasteiger partial charge in [0, 0.05) is 30.1 Å². The monoisotopic (exact) mass is 447 g/mol. The van der Waals surface area contributed by atoms with Crippen LogP contribution in [0.5, 0.6) is 0 Å². The number of rotatable bonds is 6. The Morgan fingerprint density at radius 3 is 2.03 bits per heavy atom. The highest BCUT2D eigenvalue weighted by atomic mass is 32.2. The van der Waals surface area contributed by atoms with E-state index in [2.05, 4.69) is 0 Å². The number of ketones is 2. The summed E-state index contributed by atoms with van der Waals surface area (Å²) >= 11 is 0. The minimum atomic E-state index is -3.73. The first-order valence-electron chi connectivity index (χ1n) is 10.7. The Labute approximate surface area is 188 Å². The molecular formula is C26H25NO4S. The fourth-order valence-electron chi connectivity index (χ4n) is 4.08. The van der Waals surface area contributed by atoms with Gasteiger partial charge in [0.1, 0.15) is 0 Å². The highest BCUT2D eigenvalue weighted by Crippen LogP contribution is 2.27. The van der Waals surface area contributed by atoms with E-state index in [1.165, 1.54) is 35.5 Å². The van der Waals surface area contributed by atoms with Crippen molar-refractivity contribution < 1.29 is 18.0 Å². The maximum absolute atomic E-state index is 13.1.